The van der Waals surface area contributed by atoms with Crippen LogP contribution < -0.4 is 0 Å². The van der Waals surface area contributed by atoms with Crippen molar-refractivity contribution in [1.82, 2.24) is 0 Å². The van der Waals surface area contributed by atoms with Crippen LogP contribution in [0.3, 0.4) is 0 Å². The molecule has 0 bridgehead atoms. The smallest absolute Gasteiger partial charge is 0.00840 e. The molecule has 0 amide bonds. The van der Waals surface area contributed by atoms with Crippen LogP contribution in [0.15, 0.2) is 30.3 Å². The fraction of sp³-hybridized carbons (Fsp3) is 0.250. The third-order valence-corrected chi connectivity index (χ3v) is 1.66. The van der Waals surface area contributed by atoms with Gasteiger partial charge in [0.1, 0.15) is 0 Å². The molecule has 0 aliphatic heterocycles. The minimum absolute atomic E-state index is 1.22. The predicted molar refractivity (Wildman–Crippen MR) is 43.5 cm³/mol. The summed E-state index contributed by atoms with van der Waals surface area (Å²) in [5.41, 5.74) is 1.45. The van der Waals surface area contributed by atoms with Crippen LogP contribution in [0.4, 0.5) is 0 Å². The lowest BCUT2D eigenvalue weighted by Crippen LogP contribution is -1.80. The normalized spacial score (nSPS) is 9.44. The lowest BCUT2D eigenvalue weighted by molar-refractivity contribution is 1.13. The monoisotopic (exact) mass is 135 g/mol. The first kappa shape index (κ1) is 6.56. The molecule has 1 rings (SSSR count). The summed E-state index contributed by atoms with van der Waals surface area (Å²) in [6.07, 6.45) is 1.22. The van der Waals surface area contributed by atoms with Crippen LogP contribution in [-0.4, -0.2) is 10.2 Å². The summed E-state index contributed by atoms with van der Waals surface area (Å²) in [5, 5.41) is 0. The Morgan fingerprint density at radius 1 is 1.11 bits per heavy atom. The maximum Gasteiger partial charge on any atom is 0.00840 e. The highest BCUT2D eigenvalue weighted by atomic mass is 28.1. The third kappa shape index (κ3) is 2.02. The molecule has 0 spiro atoms. The first-order valence-corrected chi connectivity index (χ1v) is 4.26. The molecule has 0 aromatic heterocycles. The summed E-state index contributed by atoms with van der Waals surface area (Å²) in [6, 6.07) is 11.9. The maximum absolute atomic E-state index is 2.17. The molecule has 0 atom stereocenters. The van der Waals surface area contributed by atoms with E-state index in [0.29, 0.717) is 0 Å². The van der Waals surface area contributed by atoms with Gasteiger partial charge in [0.2, 0.25) is 0 Å². The van der Waals surface area contributed by atoms with Crippen LogP contribution in [-0.2, 0) is 6.42 Å². The van der Waals surface area contributed by atoms with Gasteiger partial charge >= 0.3 is 0 Å². The number of rotatable bonds is 2. The summed E-state index contributed by atoms with van der Waals surface area (Å²) in [7, 11) is 2.03. The first-order chi connectivity index (χ1) is 4.43. The Bertz CT molecular complexity index is 157. The Balaban J connectivity index is 2.61. The molecule has 0 unspecified atom stereocenters. The second-order valence-electron chi connectivity index (χ2n) is 2.09. The lowest BCUT2D eigenvalue weighted by Gasteiger charge is -1.93. The zero-order valence-corrected chi connectivity index (χ0v) is 6.92. The Hall–Kier alpha value is -0.563. The van der Waals surface area contributed by atoms with Crippen LogP contribution in [0.5, 0.6) is 0 Å². The quantitative estimate of drug-likeness (QED) is 0.536. The van der Waals surface area contributed by atoms with Gasteiger partial charge in [-0.2, -0.15) is 0 Å². The topological polar surface area (TPSA) is 0 Å². The zero-order valence-electron chi connectivity index (χ0n) is 5.51. The minimum Gasteiger partial charge on any atom is -0.0622 e. The highest BCUT2D eigenvalue weighted by Gasteiger charge is 1.84. The molecule has 1 aromatic rings. The van der Waals surface area contributed by atoms with Crippen molar-refractivity contribution in [3.63, 3.8) is 0 Å². The Morgan fingerprint density at radius 3 is 2.33 bits per heavy atom. The maximum atomic E-state index is 2.17. The Labute approximate surface area is 59.3 Å². The van der Waals surface area contributed by atoms with Gasteiger partial charge in [0, 0.05) is 10.2 Å². The summed E-state index contributed by atoms with van der Waals surface area (Å²) < 4.78 is 0. The molecule has 47 valence electrons. The number of aryl methyl sites for hydroxylation is 1. The van der Waals surface area contributed by atoms with Crippen molar-refractivity contribution in [2.75, 3.05) is 0 Å². The number of hydrogen-bond donors (Lipinski definition) is 0. The van der Waals surface area contributed by atoms with E-state index in [0.717, 1.165) is 0 Å². The molecule has 0 aliphatic carbocycles. The van der Waals surface area contributed by atoms with Crippen molar-refractivity contribution in [2.24, 2.45) is 0 Å². The molecule has 0 fully saturated rings. The molecule has 1 radical (unpaired) electrons. The predicted octanol–water partition coefficient (Wildman–Crippen LogP) is 1.28. The van der Waals surface area contributed by atoms with Crippen molar-refractivity contribution in [1.29, 1.82) is 0 Å². The van der Waals surface area contributed by atoms with Crippen molar-refractivity contribution < 1.29 is 0 Å². The van der Waals surface area contributed by atoms with Gasteiger partial charge in [-0.25, -0.2) is 0 Å². The lowest BCUT2D eigenvalue weighted by atomic mass is 10.2. The van der Waals surface area contributed by atoms with Gasteiger partial charge in [-0.3, -0.25) is 0 Å². The summed E-state index contributed by atoms with van der Waals surface area (Å²) in [6.45, 7) is 0. The van der Waals surface area contributed by atoms with Crippen LogP contribution in [0.2, 0.25) is 6.04 Å². The molecule has 0 aliphatic rings. The van der Waals surface area contributed by atoms with Gasteiger partial charge in [-0.05, 0) is 12.0 Å². The molecule has 0 saturated heterocycles. The highest BCUT2D eigenvalue weighted by Crippen LogP contribution is 1.99. The van der Waals surface area contributed by atoms with Crippen LogP contribution in [0.1, 0.15) is 5.56 Å². The van der Waals surface area contributed by atoms with Gasteiger partial charge in [0.05, 0.1) is 0 Å². The van der Waals surface area contributed by atoms with Gasteiger partial charge in [0.15, 0.2) is 0 Å². The van der Waals surface area contributed by atoms with Crippen molar-refractivity contribution in [3.8, 4) is 0 Å². The van der Waals surface area contributed by atoms with Crippen LogP contribution >= 0.6 is 0 Å². The fourth-order valence-corrected chi connectivity index (χ4v) is 1.26. The van der Waals surface area contributed by atoms with E-state index in [4.69, 9.17) is 0 Å². The number of hydrogen-bond acceptors (Lipinski definition) is 0. The van der Waals surface area contributed by atoms with Crippen LogP contribution in [0.25, 0.3) is 0 Å². The van der Waals surface area contributed by atoms with E-state index in [2.05, 4.69) is 30.3 Å². The van der Waals surface area contributed by atoms with Crippen molar-refractivity contribution in [3.05, 3.63) is 35.9 Å². The third-order valence-electron chi connectivity index (χ3n) is 1.31. The first-order valence-electron chi connectivity index (χ1n) is 3.26. The standard InChI is InChI=1S/C8H11Si/c9-7-6-8-4-2-1-3-5-8/h1-5H,6-7,9H2. The summed E-state index contributed by atoms with van der Waals surface area (Å²) in [4.78, 5) is 0. The molecular weight excluding hydrogens is 124 g/mol. The summed E-state index contributed by atoms with van der Waals surface area (Å²) >= 11 is 0. The van der Waals surface area contributed by atoms with Crippen molar-refractivity contribution in [2.45, 2.75) is 12.5 Å². The van der Waals surface area contributed by atoms with E-state index < -0.39 is 0 Å². The van der Waals surface area contributed by atoms with Gasteiger partial charge in [-0.1, -0.05) is 36.4 Å². The second-order valence-corrected chi connectivity index (χ2v) is 2.80. The largest absolute Gasteiger partial charge is 0.0622 e. The number of benzene rings is 1. The average Bonchev–Trinajstić information content (AvgIpc) is 1.91. The van der Waals surface area contributed by atoms with E-state index in [9.17, 15) is 0 Å². The van der Waals surface area contributed by atoms with E-state index in [1.54, 1.807) is 0 Å². The van der Waals surface area contributed by atoms with Gasteiger partial charge in [-0.15, -0.1) is 0 Å². The molecule has 0 nitrogen and oxygen atoms in total. The van der Waals surface area contributed by atoms with Crippen LogP contribution in [0, 0.1) is 0 Å². The van der Waals surface area contributed by atoms with Gasteiger partial charge < -0.3 is 0 Å². The molecule has 0 heterocycles. The van der Waals surface area contributed by atoms with Gasteiger partial charge in [0.25, 0.3) is 0 Å². The van der Waals surface area contributed by atoms with E-state index in [-0.39, 0.29) is 0 Å². The SMILES string of the molecule is [SiH2]CCc1ccccc1. The Kier molecular flexibility index (Phi) is 2.52. The molecule has 9 heavy (non-hydrogen) atoms. The molecular formula is C8H11Si. The molecule has 1 aromatic carbocycles. The fourth-order valence-electron chi connectivity index (χ4n) is 0.849. The van der Waals surface area contributed by atoms with Crippen molar-refractivity contribution >= 4 is 10.2 Å². The van der Waals surface area contributed by atoms with E-state index >= 15 is 0 Å². The second kappa shape index (κ2) is 3.46. The average molecular weight is 135 g/mol. The minimum atomic E-state index is 1.22. The van der Waals surface area contributed by atoms with E-state index in [1.165, 1.54) is 18.0 Å². The van der Waals surface area contributed by atoms with E-state index in [1.807, 2.05) is 10.2 Å². The molecule has 0 N–H and O–H groups in total. The summed E-state index contributed by atoms with van der Waals surface area (Å²) in [5.74, 6) is 0. The Morgan fingerprint density at radius 2 is 1.78 bits per heavy atom. The molecule has 0 saturated carbocycles. The molecule has 1 heteroatoms. The zero-order chi connectivity index (χ0) is 6.53. The highest BCUT2D eigenvalue weighted by molar-refractivity contribution is 6.08.